The Morgan fingerprint density at radius 3 is 2.74 bits per heavy atom. The fourth-order valence-corrected chi connectivity index (χ4v) is 2.77. The molecule has 2 aromatic heterocycles. The van der Waals surface area contributed by atoms with Crippen molar-refractivity contribution in [3.63, 3.8) is 0 Å². The number of hydrogen-bond acceptors (Lipinski definition) is 4. The minimum absolute atomic E-state index is 0.0492. The highest BCUT2D eigenvalue weighted by atomic mass is 32.1. The third-order valence-electron chi connectivity index (χ3n) is 2.95. The van der Waals surface area contributed by atoms with Crippen LogP contribution in [0.5, 0.6) is 0 Å². The van der Waals surface area contributed by atoms with Crippen LogP contribution in [0.3, 0.4) is 0 Å². The molecule has 0 aliphatic rings. The van der Waals surface area contributed by atoms with Crippen LogP contribution in [0.2, 0.25) is 0 Å². The summed E-state index contributed by atoms with van der Waals surface area (Å²) in [5.41, 5.74) is 1.47. The molecule has 0 radical (unpaired) electrons. The molecular weight excluding hydrogens is 258 g/mol. The Balaban J connectivity index is 2.14. The predicted octanol–water partition coefficient (Wildman–Crippen LogP) is 3.04. The second-order valence-corrected chi connectivity index (χ2v) is 5.58. The zero-order valence-electron chi connectivity index (χ0n) is 11.3. The number of nitrogens with one attached hydrogen (secondary N) is 1. The normalized spacial score (nSPS) is 12.2. The van der Waals surface area contributed by atoms with Crippen LogP contribution in [-0.2, 0) is 0 Å². The molecule has 0 aromatic carbocycles. The van der Waals surface area contributed by atoms with Gasteiger partial charge in [-0.25, -0.2) is 4.98 Å². The first-order valence-electron chi connectivity index (χ1n) is 6.27. The molecule has 1 unspecified atom stereocenters. The molecule has 5 heteroatoms. The molecule has 0 aliphatic heterocycles. The molecule has 1 N–H and O–H groups in total. The van der Waals surface area contributed by atoms with Crippen molar-refractivity contribution >= 4 is 17.2 Å². The van der Waals surface area contributed by atoms with Crippen LogP contribution in [0.1, 0.15) is 45.5 Å². The van der Waals surface area contributed by atoms with E-state index in [0.29, 0.717) is 5.69 Å². The molecule has 0 saturated heterocycles. The van der Waals surface area contributed by atoms with E-state index in [1.807, 2.05) is 20.8 Å². The summed E-state index contributed by atoms with van der Waals surface area (Å²) in [6, 6.07) is 5.26. The first-order chi connectivity index (χ1) is 9.11. The number of thiazole rings is 1. The lowest BCUT2D eigenvalue weighted by Gasteiger charge is -2.13. The van der Waals surface area contributed by atoms with E-state index in [1.54, 1.807) is 35.7 Å². The number of pyridine rings is 1. The second-order valence-electron chi connectivity index (χ2n) is 4.34. The number of rotatable bonds is 4. The van der Waals surface area contributed by atoms with Crippen molar-refractivity contribution in [3.05, 3.63) is 45.7 Å². The molecule has 100 valence electrons. The molecule has 1 atom stereocenters. The SMILES string of the molecule is CCC(NC(=O)c1ccccn1)c1nc(C)c(C)s1. The summed E-state index contributed by atoms with van der Waals surface area (Å²) in [7, 11) is 0. The molecule has 0 saturated carbocycles. The van der Waals surface area contributed by atoms with Crippen molar-refractivity contribution in [2.45, 2.75) is 33.2 Å². The van der Waals surface area contributed by atoms with E-state index in [-0.39, 0.29) is 11.9 Å². The molecule has 2 heterocycles. The lowest BCUT2D eigenvalue weighted by atomic mass is 10.2. The van der Waals surface area contributed by atoms with E-state index in [1.165, 1.54) is 4.88 Å². The highest BCUT2D eigenvalue weighted by molar-refractivity contribution is 7.11. The highest BCUT2D eigenvalue weighted by Gasteiger charge is 2.18. The first-order valence-corrected chi connectivity index (χ1v) is 7.09. The summed E-state index contributed by atoms with van der Waals surface area (Å²) in [4.78, 5) is 21.8. The van der Waals surface area contributed by atoms with Crippen LogP contribution in [0, 0.1) is 13.8 Å². The van der Waals surface area contributed by atoms with Crippen LogP contribution < -0.4 is 5.32 Å². The summed E-state index contributed by atoms with van der Waals surface area (Å²) < 4.78 is 0. The van der Waals surface area contributed by atoms with E-state index in [4.69, 9.17) is 0 Å². The van der Waals surface area contributed by atoms with Gasteiger partial charge in [0.15, 0.2) is 0 Å². The van der Waals surface area contributed by atoms with Gasteiger partial charge in [0, 0.05) is 11.1 Å². The molecule has 0 aliphatic carbocycles. The van der Waals surface area contributed by atoms with Gasteiger partial charge in [0.1, 0.15) is 10.7 Å². The van der Waals surface area contributed by atoms with Gasteiger partial charge in [-0.2, -0.15) is 0 Å². The molecule has 0 spiro atoms. The number of aryl methyl sites for hydroxylation is 2. The number of carbonyl (C=O) groups excluding carboxylic acids is 1. The summed E-state index contributed by atoms with van der Waals surface area (Å²) in [5, 5.41) is 3.95. The third kappa shape index (κ3) is 3.17. The number of nitrogens with zero attached hydrogens (tertiary/aromatic N) is 2. The second kappa shape index (κ2) is 5.93. The largest absolute Gasteiger partial charge is 0.341 e. The maximum Gasteiger partial charge on any atom is 0.270 e. The molecule has 0 bridgehead atoms. The topological polar surface area (TPSA) is 54.9 Å². The van der Waals surface area contributed by atoms with Gasteiger partial charge >= 0.3 is 0 Å². The average Bonchev–Trinajstić information content (AvgIpc) is 2.76. The fraction of sp³-hybridized carbons (Fsp3) is 0.357. The van der Waals surface area contributed by atoms with Crippen molar-refractivity contribution in [2.75, 3.05) is 0 Å². The maximum atomic E-state index is 12.1. The molecule has 0 fully saturated rings. The molecule has 1 amide bonds. The standard InChI is InChI=1S/C14H17N3OS/c1-4-11(14-16-9(2)10(3)19-14)17-13(18)12-7-5-6-8-15-12/h5-8,11H,4H2,1-3H3,(H,17,18). The Kier molecular flexibility index (Phi) is 4.27. The molecule has 2 aromatic rings. The van der Waals surface area contributed by atoms with Crippen molar-refractivity contribution in [1.29, 1.82) is 0 Å². The van der Waals surface area contributed by atoms with E-state index >= 15 is 0 Å². The van der Waals surface area contributed by atoms with Crippen LogP contribution >= 0.6 is 11.3 Å². The number of amides is 1. The Morgan fingerprint density at radius 1 is 1.42 bits per heavy atom. The van der Waals surface area contributed by atoms with Crippen molar-refractivity contribution in [2.24, 2.45) is 0 Å². The zero-order valence-corrected chi connectivity index (χ0v) is 12.1. The predicted molar refractivity (Wildman–Crippen MR) is 76.3 cm³/mol. The van der Waals surface area contributed by atoms with Gasteiger partial charge in [0.25, 0.3) is 5.91 Å². The Hall–Kier alpha value is -1.75. The smallest absolute Gasteiger partial charge is 0.270 e. The van der Waals surface area contributed by atoms with Gasteiger partial charge in [0.05, 0.1) is 11.7 Å². The lowest BCUT2D eigenvalue weighted by molar-refractivity contribution is 0.0930. The van der Waals surface area contributed by atoms with Gasteiger partial charge in [-0.3, -0.25) is 9.78 Å². The quantitative estimate of drug-likeness (QED) is 0.933. The van der Waals surface area contributed by atoms with E-state index < -0.39 is 0 Å². The Labute approximate surface area is 116 Å². The summed E-state index contributed by atoms with van der Waals surface area (Å²) in [6.07, 6.45) is 2.43. The van der Waals surface area contributed by atoms with E-state index in [0.717, 1.165) is 17.1 Å². The van der Waals surface area contributed by atoms with Crippen molar-refractivity contribution < 1.29 is 4.79 Å². The third-order valence-corrected chi connectivity index (χ3v) is 4.14. The fourth-order valence-electron chi connectivity index (χ4n) is 1.71. The number of carbonyl (C=O) groups is 1. The lowest BCUT2D eigenvalue weighted by Crippen LogP contribution is -2.28. The number of hydrogen-bond donors (Lipinski definition) is 1. The van der Waals surface area contributed by atoms with Crippen LogP contribution in [0.4, 0.5) is 0 Å². The minimum atomic E-state index is -0.155. The van der Waals surface area contributed by atoms with Crippen LogP contribution in [0.25, 0.3) is 0 Å². The summed E-state index contributed by atoms with van der Waals surface area (Å²) >= 11 is 1.64. The average molecular weight is 275 g/mol. The molecular formula is C14H17N3OS. The van der Waals surface area contributed by atoms with E-state index in [2.05, 4.69) is 15.3 Å². The van der Waals surface area contributed by atoms with Gasteiger partial charge in [-0.05, 0) is 32.4 Å². The van der Waals surface area contributed by atoms with Crippen LogP contribution in [0.15, 0.2) is 24.4 Å². The monoisotopic (exact) mass is 275 g/mol. The Morgan fingerprint density at radius 2 is 2.21 bits per heavy atom. The van der Waals surface area contributed by atoms with Crippen molar-refractivity contribution in [3.8, 4) is 0 Å². The van der Waals surface area contributed by atoms with Gasteiger partial charge in [-0.15, -0.1) is 11.3 Å². The Bertz CT molecular complexity index is 546. The van der Waals surface area contributed by atoms with E-state index in [9.17, 15) is 4.79 Å². The molecule has 4 nitrogen and oxygen atoms in total. The van der Waals surface area contributed by atoms with Gasteiger partial charge in [-0.1, -0.05) is 13.0 Å². The summed E-state index contributed by atoms with van der Waals surface area (Å²) in [6.45, 7) is 6.07. The highest BCUT2D eigenvalue weighted by Crippen LogP contribution is 2.25. The van der Waals surface area contributed by atoms with Crippen LogP contribution in [-0.4, -0.2) is 15.9 Å². The summed E-state index contributed by atoms with van der Waals surface area (Å²) in [5.74, 6) is -0.155. The maximum absolute atomic E-state index is 12.1. The van der Waals surface area contributed by atoms with Crippen molar-refractivity contribution in [1.82, 2.24) is 15.3 Å². The first kappa shape index (κ1) is 13.7. The zero-order chi connectivity index (χ0) is 13.8. The minimum Gasteiger partial charge on any atom is -0.341 e. The van der Waals surface area contributed by atoms with Gasteiger partial charge in [0.2, 0.25) is 0 Å². The molecule has 2 rings (SSSR count). The molecule has 19 heavy (non-hydrogen) atoms. The number of aromatic nitrogens is 2. The van der Waals surface area contributed by atoms with Gasteiger partial charge < -0.3 is 5.32 Å².